The minimum atomic E-state index is 0. The van der Waals surface area contributed by atoms with E-state index in [1.165, 1.54) is 10.4 Å². The Labute approximate surface area is 170 Å². The van der Waals surface area contributed by atoms with Gasteiger partial charge in [0.1, 0.15) is 5.75 Å². The second-order valence-corrected chi connectivity index (χ2v) is 7.19. The Morgan fingerprint density at radius 3 is 2.96 bits per heavy atom. The molecule has 0 fully saturated rings. The van der Waals surface area contributed by atoms with Crippen molar-refractivity contribution in [1.82, 2.24) is 15.6 Å². The molecular weight excluding hydrogens is 447 g/mol. The highest BCUT2D eigenvalue weighted by Crippen LogP contribution is 2.32. The van der Waals surface area contributed by atoms with E-state index in [9.17, 15) is 0 Å². The molecule has 1 atom stereocenters. The van der Waals surface area contributed by atoms with E-state index in [4.69, 9.17) is 4.74 Å². The number of ether oxygens (including phenoxy) is 1. The predicted molar refractivity (Wildman–Crippen MR) is 115 cm³/mol. The number of aliphatic imine (C=N–C) groups is 1. The third-order valence-corrected chi connectivity index (χ3v) is 5.10. The number of thiazole rings is 1. The number of aromatic nitrogens is 1. The standard InChI is InChI=1S/C18H24N4OS.HI/c1-13-11-21-17(24-13)7-9-20-18(19-2)22-12-14-8-10-23-16-6-4-3-5-15(14)16;/h3-6,11,14H,7-10,12H2,1-2H3,(H2,19,20,22);1H. The van der Waals surface area contributed by atoms with Crippen molar-refractivity contribution in [3.63, 3.8) is 0 Å². The maximum atomic E-state index is 5.72. The molecule has 1 aromatic carbocycles. The molecule has 25 heavy (non-hydrogen) atoms. The van der Waals surface area contributed by atoms with Crippen LogP contribution in [0.2, 0.25) is 0 Å². The summed E-state index contributed by atoms with van der Waals surface area (Å²) in [5, 5.41) is 7.96. The molecule has 0 saturated carbocycles. The zero-order chi connectivity index (χ0) is 16.8. The molecule has 0 saturated heterocycles. The lowest BCUT2D eigenvalue weighted by Crippen LogP contribution is -2.40. The maximum absolute atomic E-state index is 5.72. The second kappa shape index (κ2) is 9.96. The number of benzene rings is 1. The van der Waals surface area contributed by atoms with E-state index in [-0.39, 0.29) is 24.0 Å². The maximum Gasteiger partial charge on any atom is 0.191 e. The minimum Gasteiger partial charge on any atom is -0.493 e. The third-order valence-electron chi connectivity index (χ3n) is 4.12. The highest BCUT2D eigenvalue weighted by molar-refractivity contribution is 14.0. The van der Waals surface area contributed by atoms with Crippen molar-refractivity contribution in [2.24, 2.45) is 4.99 Å². The van der Waals surface area contributed by atoms with Gasteiger partial charge in [0.25, 0.3) is 0 Å². The fraction of sp³-hybridized carbons (Fsp3) is 0.444. The topological polar surface area (TPSA) is 58.5 Å². The monoisotopic (exact) mass is 472 g/mol. The summed E-state index contributed by atoms with van der Waals surface area (Å²) in [4.78, 5) is 9.95. The van der Waals surface area contributed by atoms with Crippen LogP contribution in [0, 0.1) is 6.92 Å². The molecule has 1 aromatic heterocycles. The molecule has 1 unspecified atom stereocenters. The molecular formula is C18H25IN4OS. The lowest BCUT2D eigenvalue weighted by atomic mass is 9.93. The lowest BCUT2D eigenvalue weighted by Gasteiger charge is -2.26. The van der Waals surface area contributed by atoms with Crippen molar-refractivity contribution in [2.45, 2.75) is 25.7 Å². The summed E-state index contributed by atoms with van der Waals surface area (Å²) in [7, 11) is 1.81. The molecule has 5 nitrogen and oxygen atoms in total. The molecule has 7 heteroatoms. The summed E-state index contributed by atoms with van der Waals surface area (Å²) in [5.41, 5.74) is 1.28. The van der Waals surface area contributed by atoms with Crippen LogP contribution in [-0.2, 0) is 6.42 Å². The molecule has 136 valence electrons. The molecule has 0 radical (unpaired) electrons. The molecule has 0 aliphatic carbocycles. The zero-order valence-corrected chi connectivity index (χ0v) is 17.8. The molecule has 0 spiro atoms. The van der Waals surface area contributed by atoms with Gasteiger partial charge in [0, 0.05) is 43.5 Å². The lowest BCUT2D eigenvalue weighted by molar-refractivity contribution is 0.267. The molecule has 1 aliphatic heterocycles. The summed E-state index contributed by atoms with van der Waals surface area (Å²) in [6, 6.07) is 8.30. The number of hydrogen-bond donors (Lipinski definition) is 2. The van der Waals surface area contributed by atoms with Gasteiger partial charge in [-0.25, -0.2) is 4.98 Å². The van der Waals surface area contributed by atoms with Crippen molar-refractivity contribution >= 4 is 41.3 Å². The number of fused-ring (bicyclic) bond motifs is 1. The molecule has 0 amide bonds. The number of halogens is 1. The highest BCUT2D eigenvalue weighted by atomic mass is 127. The number of rotatable bonds is 5. The van der Waals surface area contributed by atoms with Gasteiger partial charge in [-0.3, -0.25) is 4.99 Å². The number of nitrogens with one attached hydrogen (secondary N) is 2. The van der Waals surface area contributed by atoms with Crippen LogP contribution in [0.3, 0.4) is 0 Å². The van der Waals surface area contributed by atoms with Crippen molar-refractivity contribution in [3.8, 4) is 5.75 Å². The molecule has 1 aliphatic rings. The van der Waals surface area contributed by atoms with Crippen molar-refractivity contribution in [2.75, 3.05) is 26.7 Å². The van der Waals surface area contributed by atoms with E-state index in [0.717, 1.165) is 49.3 Å². The number of guanidine groups is 1. The molecule has 2 heterocycles. The fourth-order valence-electron chi connectivity index (χ4n) is 2.87. The molecule has 3 rings (SSSR count). The molecule has 2 N–H and O–H groups in total. The van der Waals surface area contributed by atoms with E-state index in [1.54, 1.807) is 18.4 Å². The fourth-order valence-corrected chi connectivity index (χ4v) is 3.66. The first-order chi connectivity index (χ1) is 11.8. The Balaban J connectivity index is 0.00000225. The summed E-state index contributed by atoms with van der Waals surface area (Å²) in [6.07, 6.45) is 3.87. The Morgan fingerprint density at radius 2 is 2.20 bits per heavy atom. The van der Waals surface area contributed by atoms with Crippen molar-refractivity contribution in [3.05, 3.63) is 45.9 Å². The number of hydrogen-bond acceptors (Lipinski definition) is 4. The van der Waals surface area contributed by atoms with Gasteiger partial charge in [-0.1, -0.05) is 18.2 Å². The smallest absolute Gasteiger partial charge is 0.191 e. The summed E-state index contributed by atoms with van der Waals surface area (Å²) < 4.78 is 5.72. The average molecular weight is 472 g/mol. The first-order valence-electron chi connectivity index (χ1n) is 8.34. The quantitative estimate of drug-likeness (QED) is 0.398. The van der Waals surface area contributed by atoms with E-state index in [1.807, 2.05) is 18.3 Å². The van der Waals surface area contributed by atoms with Gasteiger partial charge in [-0.2, -0.15) is 0 Å². The summed E-state index contributed by atoms with van der Waals surface area (Å²) in [5.74, 6) is 2.31. The largest absolute Gasteiger partial charge is 0.493 e. The van der Waals surface area contributed by atoms with Gasteiger partial charge in [-0.15, -0.1) is 35.3 Å². The van der Waals surface area contributed by atoms with Crippen LogP contribution < -0.4 is 15.4 Å². The SMILES string of the molecule is CN=C(NCCc1ncc(C)s1)NCC1CCOc2ccccc21.I. The van der Waals surface area contributed by atoms with Crippen LogP contribution in [-0.4, -0.2) is 37.7 Å². The average Bonchev–Trinajstić information content (AvgIpc) is 3.03. The predicted octanol–water partition coefficient (Wildman–Crippen LogP) is 3.34. The van der Waals surface area contributed by atoms with Crippen LogP contribution in [0.25, 0.3) is 0 Å². The van der Waals surface area contributed by atoms with Crippen LogP contribution in [0.15, 0.2) is 35.5 Å². The zero-order valence-electron chi connectivity index (χ0n) is 14.6. The normalized spacial score (nSPS) is 16.4. The Bertz CT molecular complexity index is 704. The van der Waals surface area contributed by atoms with Crippen LogP contribution in [0.1, 0.15) is 27.8 Å². The Morgan fingerprint density at radius 1 is 1.36 bits per heavy atom. The second-order valence-electron chi connectivity index (χ2n) is 5.87. The van der Waals surface area contributed by atoms with E-state index >= 15 is 0 Å². The first kappa shape index (κ1) is 20.0. The van der Waals surface area contributed by atoms with Crippen LogP contribution in [0.4, 0.5) is 0 Å². The van der Waals surface area contributed by atoms with Gasteiger partial charge in [-0.05, 0) is 25.0 Å². The van der Waals surface area contributed by atoms with E-state index in [2.05, 4.69) is 39.7 Å². The third kappa shape index (κ3) is 5.57. The van der Waals surface area contributed by atoms with E-state index < -0.39 is 0 Å². The Kier molecular flexibility index (Phi) is 7.95. The molecule has 2 aromatic rings. The highest BCUT2D eigenvalue weighted by Gasteiger charge is 2.20. The van der Waals surface area contributed by atoms with Gasteiger partial charge in [0.2, 0.25) is 0 Å². The van der Waals surface area contributed by atoms with Crippen LogP contribution in [0.5, 0.6) is 5.75 Å². The van der Waals surface area contributed by atoms with E-state index in [0.29, 0.717) is 5.92 Å². The first-order valence-corrected chi connectivity index (χ1v) is 9.15. The number of nitrogens with zero attached hydrogens (tertiary/aromatic N) is 2. The minimum absolute atomic E-state index is 0. The van der Waals surface area contributed by atoms with Crippen molar-refractivity contribution < 1.29 is 4.74 Å². The number of aryl methyl sites for hydroxylation is 1. The number of para-hydroxylation sites is 1. The van der Waals surface area contributed by atoms with Gasteiger partial charge >= 0.3 is 0 Å². The molecule has 0 bridgehead atoms. The van der Waals surface area contributed by atoms with Gasteiger partial charge in [0.15, 0.2) is 5.96 Å². The van der Waals surface area contributed by atoms with Crippen LogP contribution >= 0.6 is 35.3 Å². The summed E-state index contributed by atoms with van der Waals surface area (Å²) in [6.45, 7) is 4.55. The Hall–Kier alpha value is -1.35. The van der Waals surface area contributed by atoms with Gasteiger partial charge in [0.05, 0.1) is 11.6 Å². The summed E-state index contributed by atoms with van der Waals surface area (Å²) >= 11 is 1.75. The van der Waals surface area contributed by atoms with Gasteiger partial charge < -0.3 is 15.4 Å². The van der Waals surface area contributed by atoms with Crippen molar-refractivity contribution in [1.29, 1.82) is 0 Å².